The van der Waals surface area contributed by atoms with Crippen molar-refractivity contribution in [3.05, 3.63) is 30.1 Å². The number of pyridine rings is 1. The number of likely N-dealkylation sites (tertiary alicyclic amines) is 1. The van der Waals surface area contributed by atoms with Crippen LogP contribution >= 0.6 is 0 Å². The lowest BCUT2D eigenvalue weighted by Crippen LogP contribution is -2.38. The molecule has 2 heterocycles. The molecule has 1 saturated heterocycles. The quantitative estimate of drug-likeness (QED) is 0.764. The number of aromatic nitrogens is 1. The largest absolute Gasteiger partial charge is 0.336 e. The van der Waals surface area contributed by atoms with Crippen LogP contribution in [-0.4, -0.2) is 22.3 Å². The zero-order chi connectivity index (χ0) is 11.4. The van der Waals surface area contributed by atoms with E-state index < -0.39 is 0 Å². The maximum absolute atomic E-state index is 11.9. The number of carbonyl (C=O) groups excluding carboxylic acids is 1. The van der Waals surface area contributed by atoms with Gasteiger partial charge in [-0.3, -0.25) is 9.78 Å². The second kappa shape index (κ2) is 5.10. The van der Waals surface area contributed by atoms with Crippen LogP contribution in [0.3, 0.4) is 0 Å². The van der Waals surface area contributed by atoms with Gasteiger partial charge >= 0.3 is 0 Å². The fraction of sp³-hybridized carbons (Fsp3) is 0.538. The van der Waals surface area contributed by atoms with Crippen molar-refractivity contribution in [1.82, 2.24) is 9.88 Å². The van der Waals surface area contributed by atoms with E-state index in [1.807, 2.05) is 24.1 Å². The van der Waals surface area contributed by atoms with Gasteiger partial charge in [-0.1, -0.05) is 13.0 Å². The summed E-state index contributed by atoms with van der Waals surface area (Å²) in [7, 11) is 0. The molecule has 0 aromatic carbocycles. The van der Waals surface area contributed by atoms with E-state index in [0.29, 0.717) is 6.42 Å². The highest BCUT2D eigenvalue weighted by atomic mass is 16.2. The lowest BCUT2D eigenvalue weighted by molar-refractivity contribution is -0.134. The Balaban J connectivity index is 2.20. The molecule has 1 unspecified atom stereocenters. The maximum Gasteiger partial charge on any atom is 0.222 e. The van der Waals surface area contributed by atoms with E-state index in [4.69, 9.17) is 0 Å². The van der Waals surface area contributed by atoms with Crippen LogP contribution < -0.4 is 0 Å². The topological polar surface area (TPSA) is 33.2 Å². The molecule has 3 heteroatoms. The van der Waals surface area contributed by atoms with Gasteiger partial charge in [-0.15, -0.1) is 0 Å². The molecule has 1 fully saturated rings. The molecule has 3 nitrogen and oxygen atoms in total. The molecule has 1 amide bonds. The van der Waals surface area contributed by atoms with Gasteiger partial charge in [-0.2, -0.15) is 0 Å². The van der Waals surface area contributed by atoms with Gasteiger partial charge in [0.15, 0.2) is 0 Å². The van der Waals surface area contributed by atoms with Crippen LogP contribution in [0.4, 0.5) is 0 Å². The number of hydrogen-bond acceptors (Lipinski definition) is 2. The summed E-state index contributed by atoms with van der Waals surface area (Å²) in [5.41, 5.74) is 1.17. The third-order valence-electron chi connectivity index (χ3n) is 3.19. The molecule has 0 aliphatic carbocycles. The normalized spacial score (nSPS) is 20.8. The average molecular weight is 218 g/mol. The molecule has 0 N–H and O–H groups in total. The minimum absolute atomic E-state index is 0.245. The van der Waals surface area contributed by atoms with Crippen LogP contribution in [0.2, 0.25) is 0 Å². The van der Waals surface area contributed by atoms with E-state index in [1.165, 1.54) is 12.0 Å². The van der Waals surface area contributed by atoms with Crippen LogP contribution in [-0.2, 0) is 4.79 Å². The van der Waals surface area contributed by atoms with Gasteiger partial charge in [0.2, 0.25) is 5.91 Å². The number of rotatable bonds is 2. The van der Waals surface area contributed by atoms with Crippen molar-refractivity contribution in [3.8, 4) is 0 Å². The molecule has 1 aliphatic heterocycles. The molecule has 0 spiro atoms. The number of piperidine rings is 1. The maximum atomic E-state index is 11.9. The molecule has 1 aromatic rings. The first-order valence-electron chi connectivity index (χ1n) is 6.02. The monoisotopic (exact) mass is 218 g/mol. The van der Waals surface area contributed by atoms with E-state index in [2.05, 4.69) is 11.1 Å². The predicted molar refractivity (Wildman–Crippen MR) is 62.8 cm³/mol. The first-order chi connectivity index (χ1) is 7.83. The standard InChI is InChI=1S/C13H18N2O/c1-2-13(16)15-9-4-3-7-12(15)11-6-5-8-14-10-11/h5-6,8,10,12H,2-4,7,9H2,1H3. The van der Waals surface area contributed by atoms with Gasteiger partial charge in [-0.05, 0) is 30.9 Å². The Morgan fingerprint density at radius 2 is 2.44 bits per heavy atom. The summed E-state index contributed by atoms with van der Waals surface area (Å²) >= 11 is 0. The molecule has 0 radical (unpaired) electrons. The molecule has 2 rings (SSSR count). The Kier molecular flexibility index (Phi) is 3.54. The van der Waals surface area contributed by atoms with Crippen molar-refractivity contribution in [1.29, 1.82) is 0 Å². The Morgan fingerprint density at radius 1 is 1.56 bits per heavy atom. The Bertz CT molecular complexity index is 350. The SMILES string of the molecule is CCC(=O)N1CCCCC1c1cccnc1. The van der Waals surface area contributed by atoms with Gasteiger partial charge in [0.1, 0.15) is 0 Å². The zero-order valence-corrected chi connectivity index (χ0v) is 9.72. The molecule has 1 atom stereocenters. The average Bonchev–Trinajstić information content (AvgIpc) is 2.39. The fourth-order valence-corrected chi connectivity index (χ4v) is 2.35. The van der Waals surface area contributed by atoms with Crippen LogP contribution in [0.1, 0.15) is 44.2 Å². The summed E-state index contributed by atoms with van der Waals surface area (Å²) in [5.74, 6) is 0.258. The summed E-state index contributed by atoms with van der Waals surface area (Å²) in [6, 6.07) is 4.26. The van der Waals surface area contributed by atoms with E-state index >= 15 is 0 Å². The first-order valence-corrected chi connectivity index (χ1v) is 6.02. The summed E-state index contributed by atoms with van der Waals surface area (Å²) < 4.78 is 0. The number of hydrogen-bond donors (Lipinski definition) is 0. The molecule has 16 heavy (non-hydrogen) atoms. The number of amides is 1. The Labute approximate surface area is 96.5 Å². The molecule has 0 saturated carbocycles. The number of carbonyl (C=O) groups is 1. The van der Waals surface area contributed by atoms with Gasteiger partial charge in [0, 0.05) is 25.4 Å². The van der Waals surface area contributed by atoms with Gasteiger partial charge in [0.25, 0.3) is 0 Å². The zero-order valence-electron chi connectivity index (χ0n) is 9.72. The molecule has 86 valence electrons. The Morgan fingerprint density at radius 3 is 3.12 bits per heavy atom. The molecule has 0 bridgehead atoms. The van der Waals surface area contributed by atoms with Crippen LogP contribution in [0.5, 0.6) is 0 Å². The van der Waals surface area contributed by atoms with E-state index in [1.54, 1.807) is 6.20 Å². The van der Waals surface area contributed by atoms with Crippen LogP contribution in [0.15, 0.2) is 24.5 Å². The van der Waals surface area contributed by atoms with Crippen molar-refractivity contribution >= 4 is 5.91 Å². The fourth-order valence-electron chi connectivity index (χ4n) is 2.35. The molecular formula is C13H18N2O. The summed E-state index contributed by atoms with van der Waals surface area (Å²) in [6.45, 7) is 2.82. The van der Waals surface area contributed by atoms with Crippen molar-refractivity contribution < 1.29 is 4.79 Å². The van der Waals surface area contributed by atoms with Gasteiger partial charge < -0.3 is 4.90 Å². The minimum atomic E-state index is 0.245. The van der Waals surface area contributed by atoms with Crippen molar-refractivity contribution in [3.63, 3.8) is 0 Å². The lowest BCUT2D eigenvalue weighted by Gasteiger charge is -2.35. The first kappa shape index (κ1) is 11.1. The van der Waals surface area contributed by atoms with Gasteiger partial charge in [0.05, 0.1) is 6.04 Å². The van der Waals surface area contributed by atoms with E-state index in [-0.39, 0.29) is 11.9 Å². The Hall–Kier alpha value is -1.38. The molecule has 1 aliphatic rings. The highest BCUT2D eigenvalue weighted by Gasteiger charge is 2.26. The second-order valence-electron chi connectivity index (χ2n) is 4.24. The summed E-state index contributed by atoms with van der Waals surface area (Å²) in [5, 5.41) is 0. The highest BCUT2D eigenvalue weighted by molar-refractivity contribution is 5.76. The minimum Gasteiger partial charge on any atom is -0.336 e. The second-order valence-corrected chi connectivity index (χ2v) is 4.24. The van der Waals surface area contributed by atoms with E-state index in [0.717, 1.165) is 19.4 Å². The van der Waals surface area contributed by atoms with Gasteiger partial charge in [-0.25, -0.2) is 0 Å². The molecule has 1 aromatic heterocycles. The third-order valence-corrected chi connectivity index (χ3v) is 3.19. The van der Waals surface area contributed by atoms with Crippen molar-refractivity contribution in [2.45, 2.75) is 38.6 Å². The number of nitrogens with zero attached hydrogens (tertiary/aromatic N) is 2. The lowest BCUT2D eigenvalue weighted by atomic mass is 9.96. The van der Waals surface area contributed by atoms with E-state index in [9.17, 15) is 4.79 Å². The highest BCUT2D eigenvalue weighted by Crippen LogP contribution is 2.30. The predicted octanol–water partition coefficient (Wildman–Crippen LogP) is 2.55. The molecular weight excluding hydrogens is 200 g/mol. The third kappa shape index (κ3) is 2.23. The summed E-state index contributed by atoms with van der Waals surface area (Å²) in [6.07, 6.45) is 7.65. The van der Waals surface area contributed by atoms with Crippen molar-refractivity contribution in [2.75, 3.05) is 6.54 Å². The summed E-state index contributed by atoms with van der Waals surface area (Å²) in [4.78, 5) is 18.0. The van der Waals surface area contributed by atoms with Crippen LogP contribution in [0, 0.1) is 0 Å². The smallest absolute Gasteiger partial charge is 0.222 e. The van der Waals surface area contributed by atoms with Crippen molar-refractivity contribution in [2.24, 2.45) is 0 Å². The van der Waals surface area contributed by atoms with Crippen LogP contribution in [0.25, 0.3) is 0 Å².